The van der Waals surface area contributed by atoms with Gasteiger partial charge < -0.3 is 10.6 Å². The SMILES string of the molecule is CNCCCNC(=O)C(C)CS(=O)(=O)c1ccc(F)cc1.Cl. The monoisotopic (exact) mass is 352 g/mol. The summed E-state index contributed by atoms with van der Waals surface area (Å²) in [5.41, 5.74) is 0. The van der Waals surface area contributed by atoms with Crippen molar-refractivity contribution in [3.8, 4) is 0 Å². The Bertz CT molecular complexity index is 564. The van der Waals surface area contributed by atoms with Crippen molar-refractivity contribution in [3.05, 3.63) is 30.1 Å². The van der Waals surface area contributed by atoms with Crippen molar-refractivity contribution in [3.63, 3.8) is 0 Å². The van der Waals surface area contributed by atoms with Gasteiger partial charge in [-0.2, -0.15) is 0 Å². The Morgan fingerprint density at radius 3 is 2.36 bits per heavy atom. The first-order valence-electron chi connectivity index (χ1n) is 6.77. The Labute approximate surface area is 137 Å². The van der Waals surface area contributed by atoms with Gasteiger partial charge in [0.05, 0.1) is 10.6 Å². The van der Waals surface area contributed by atoms with Crippen LogP contribution in [0, 0.1) is 11.7 Å². The van der Waals surface area contributed by atoms with Crippen molar-refractivity contribution in [1.82, 2.24) is 10.6 Å². The lowest BCUT2D eigenvalue weighted by Crippen LogP contribution is -2.34. The van der Waals surface area contributed by atoms with Gasteiger partial charge >= 0.3 is 0 Å². The molecule has 0 aromatic heterocycles. The fourth-order valence-electron chi connectivity index (χ4n) is 1.79. The topological polar surface area (TPSA) is 75.3 Å². The summed E-state index contributed by atoms with van der Waals surface area (Å²) in [5.74, 6) is -1.74. The van der Waals surface area contributed by atoms with Crippen molar-refractivity contribution in [1.29, 1.82) is 0 Å². The highest BCUT2D eigenvalue weighted by molar-refractivity contribution is 7.91. The van der Waals surface area contributed by atoms with Crippen LogP contribution in [0.4, 0.5) is 4.39 Å². The molecule has 8 heteroatoms. The summed E-state index contributed by atoms with van der Waals surface area (Å²) in [4.78, 5) is 11.8. The molecule has 0 aliphatic carbocycles. The van der Waals surface area contributed by atoms with E-state index in [2.05, 4.69) is 10.6 Å². The second-order valence-electron chi connectivity index (χ2n) is 4.88. The van der Waals surface area contributed by atoms with Gasteiger partial charge in [0.15, 0.2) is 9.84 Å². The Morgan fingerprint density at radius 2 is 1.82 bits per heavy atom. The number of sulfone groups is 1. The summed E-state index contributed by atoms with van der Waals surface area (Å²) in [7, 11) is -1.78. The van der Waals surface area contributed by atoms with Crippen LogP contribution in [-0.2, 0) is 14.6 Å². The largest absolute Gasteiger partial charge is 0.356 e. The van der Waals surface area contributed by atoms with Crippen molar-refractivity contribution in [2.24, 2.45) is 5.92 Å². The van der Waals surface area contributed by atoms with Crippen LogP contribution in [0.3, 0.4) is 0 Å². The van der Waals surface area contributed by atoms with Crippen LogP contribution in [0.1, 0.15) is 13.3 Å². The number of hydrogen-bond donors (Lipinski definition) is 2. The molecule has 0 aliphatic rings. The van der Waals surface area contributed by atoms with Crippen molar-refractivity contribution in [2.75, 3.05) is 25.9 Å². The normalized spacial score (nSPS) is 12.3. The van der Waals surface area contributed by atoms with Gasteiger partial charge in [-0.15, -0.1) is 12.4 Å². The standard InChI is InChI=1S/C14H21FN2O3S.ClH/c1-11(14(18)17-9-3-8-16-2)10-21(19,20)13-6-4-12(15)5-7-13;/h4-7,11,16H,3,8-10H2,1-2H3,(H,17,18);1H. The van der Waals surface area contributed by atoms with Crippen LogP contribution in [-0.4, -0.2) is 40.2 Å². The minimum Gasteiger partial charge on any atom is -0.356 e. The number of carbonyl (C=O) groups is 1. The summed E-state index contributed by atoms with van der Waals surface area (Å²) in [5, 5.41) is 5.65. The Hall–Kier alpha value is -1.18. The lowest BCUT2D eigenvalue weighted by molar-refractivity contribution is -0.123. The van der Waals surface area contributed by atoms with Crippen LogP contribution < -0.4 is 10.6 Å². The number of amides is 1. The molecule has 1 unspecified atom stereocenters. The lowest BCUT2D eigenvalue weighted by Gasteiger charge is -2.12. The van der Waals surface area contributed by atoms with Gasteiger partial charge in [-0.3, -0.25) is 4.79 Å². The molecule has 0 radical (unpaired) electrons. The summed E-state index contributed by atoms with van der Waals surface area (Å²) >= 11 is 0. The molecule has 0 saturated carbocycles. The average Bonchev–Trinajstić information content (AvgIpc) is 2.43. The molecular weight excluding hydrogens is 331 g/mol. The molecule has 2 N–H and O–H groups in total. The number of benzene rings is 1. The van der Waals surface area contributed by atoms with E-state index < -0.39 is 21.6 Å². The number of halogens is 2. The first kappa shape index (κ1) is 20.8. The second kappa shape index (κ2) is 9.76. The van der Waals surface area contributed by atoms with E-state index in [0.717, 1.165) is 25.1 Å². The van der Waals surface area contributed by atoms with E-state index in [9.17, 15) is 17.6 Å². The van der Waals surface area contributed by atoms with E-state index in [-0.39, 0.29) is 29.0 Å². The van der Waals surface area contributed by atoms with Gasteiger partial charge in [-0.25, -0.2) is 12.8 Å². The summed E-state index contributed by atoms with van der Waals surface area (Å²) in [6, 6.07) is 4.61. The Morgan fingerprint density at radius 1 is 1.23 bits per heavy atom. The van der Waals surface area contributed by atoms with Gasteiger partial charge in [0, 0.05) is 12.5 Å². The number of hydrogen-bond acceptors (Lipinski definition) is 4. The zero-order chi connectivity index (χ0) is 15.9. The predicted molar refractivity (Wildman–Crippen MR) is 86.4 cm³/mol. The van der Waals surface area contributed by atoms with Gasteiger partial charge in [0.2, 0.25) is 5.91 Å². The molecule has 0 saturated heterocycles. The first-order chi connectivity index (χ1) is 9.86. The van der Waals surface area contributed by atoms with E-state index in [1.807, 2.05) is 7.05 Å². The molecule has 0 aliphatic heterocycles. The van der Waals surface area contributed by atoms with Gasteiger partial charge in [0.1, 0.15) is 5.82 Å². The van der Waals surface area contributed by atoms with E-state index in [1.54, 1.807) is 6.92 Å². The van der Waals surface area contributed by atoms with Crippen molar-refractivity contribution < 1.29 is 17.6 Å². The maximum Gasteiger partial charge on any atom is 0.223 e. The minimum atomic E-state index is -3.60. The molecule has 126 valence electrons. The zero-order valence-corrected chi connectivity index (χ0v) is 14.3. The summed E-state index contributed by atoms with van der Waals surface area (Å²) in [6.45, 7) is 2.84. The smallest absolute Gasteiger partial charge is 0.223 e. The van der Waals surface area contributed by atoms with Crippen LogP contribution in [0.2, 0.25) is 0 Å². The molecule has 1 amide bonds. The summed E-state index contributed by atoms with van der Waals surface area (Å²) < 4.78 is 37.0. The molecule has 0 fully saturated rings. The first-order valence-corrected chi connectivity index (χ1v) is 8.42. The molecule has 0 heterocycles. The molecule has 0 bridgehead atoms. The second-order valence-corrected chi connectivity index (χ2v) is 6.92. The highest BCUT2D eigenvalue weighted by Gasteiger charge is 2.23. The molecule has 1 rings (SSSR count). The van der Waals surface area contributed by atoms with Crippen LogP contribution >= 0.6 is 12.4 Å². The molecule has 1 aromatic carbocycles. The van der Waals surface area contributed by atoms with Gasteiger partial charge in [0.25, 0.3) is 0 Å². The fourth-order valence-corrected chi connectivity index (χ4v) is 3.35. The predicted octanol–water partition coefficient (Wildman–Crippen LogP) is 1.38. The number of carbonyl (C=O) groups excluding carboxylic acids is 1. The molecule has 22 heavy (non-hydrogen) atoms. The summed E-state index contributed by atoms with van der Waals surface area (Å²) in [6.07, 6.45) is 0.777. The average molecular weight is 353 g/mol. The van der Waals surface area contributed by atoms with Crippen molar-refractivity contribution in [2.45, 2.75) is 18.2 Å². The highest BCUT2D eigenvalue weighted by atomic mass is 35.5. The van der Waals surface area contributed by atoms with Crippen LogP contribution in [0.25, 0.3) is 0 Å². The third kappa shape index (κ3) is 6.72. The van der Waals surface area contributed by atoms with Crippen LogP contribution in [0.15, 0.2) is 29.2 Å². The van der Waals surface area contributed by atoms with Crippen LogP contribution in [0.5, 0.6) is 0 Å². The Kier molecular flexibility index (Phi) is 9.24. The molecular formula is C14H22ClFN2O3S. The zero-order valence-electron chi connectivity index (χ0n) is 12.6. The number of rotatable bonds is 8. The third-order valence-corrected chi connectivity index (χ3v) is 4.92. The molecule has 1 aromatic rings. The van der Waals surface area contributed by atoms with Gasteiger partial charge in [-0.1, -0.05) is 6.92 Å². The van der Waals surface area contributed by atoms with E-state index >= 15 is 0 Å². The molecule has 0 spiro atoms. The van der Waals surface area contributed by atoms with Crippen molar-refractivity contribution >= 4 is 28.2 Å². The third-order valence-electron chi connectivity index (χ3n) is 2.99. The lowest BCUT2D eigenvalue weighted by atomic mass is 10.2. The maximum atomic E-state index is 12.8. The Balaban J connectivity index is 0.00000441. The quantitative estimate of drug-likeness (QED) is 0.547. The maximum absolute atomic E-state index is 12.8. The van der Waals surface area contributed by atoms with E-state index in [4.69, 9.17) is 0 Å². The van der Waals surface area contributed by atoms with E-state index in [0.29, 0.717) is 6.54 Å². The minimum absolute atomic E-state index is 0. The van der Waals surface area contributed by atoms with E-state index in [1.165, 1.54) is 12.1 Å². The van der Waals surface area contributed by atoms with Gasteiger partial charge in [-0.05, 0) is 44.3 Å². The molecule has 1 atom stereocenters. The number of nitrogens with one attached hydrogen (secondary N) is 2. The fraction of sp³-hybridized carbons (Fsp3) is 0.500. The molecule has 5 nitrogen and oxygen atoms in total. The highest BCUT2D eigenvalue weighted by Crippen LogP contribution is 2.15.